The molecule has 0 unspecified atom stereocenters. The quantitative estimate of drug-likeness (QED) is 0.349. The highest BCUT2D eigenvalue weighted by atomic mass is 16.4. The average Bonchev–Trinajstić information content (AvgIpc) is 2.40. The lowest BCUT2D eigenvalue weighted by atomic mass is 10.1. The molecule has 2 amide bonds. The molecule has 0 saturated carbocycles. The predicted octanol–water partition coefficient (Wildman–Crippen LogP) is 2.32. The molecule has 0 saturated heterocycles. The van der Waals surface area contributed by atoms with E-state index in [0.717, 1.165) is 0 Å². The molecular formula is C14H18N2O4. The van der Waals surface area contributed by atoms with E-state index in [0.29, 0.717) is 31.5 Å². The highest BCUT2D eigenvalue weighted by molar-refractivity contribution is 5.89. The Morgan fingerprint density at radius 1 is 1.15 bits per heavy atom. The molecule has 6 nitrogen and oxygen atoms in total. The third-order valence-electron chi connectivity index (χ3n) is 2.62. The van der Waals surface area contributed by atoms with Crippen LogP contribution in [0.5, 0.6) is 5.75 Å². The monoisotopic (exact) mass is 278 g/mol. The number of hydrogen-bond donors (Lipinski definition) is 4. The van der Waals surface area contributed by atoms with Gasteiger partial charge in [0, 0.05) is 17.8 Å². The molecule has 0 atom stereocenters. The zero-order chi connectivity index (χ0) is 15.0. The smallest absolute Gasteiger partial charge is 0.330 e. The van der Waals surface area contributed by atoms with Gasteiger partial charge in [-0.3, -0.25) is 0 Å². The Bertz CT molecular complexity index is 482. The fourth-order valence-corrected chi connectivity index (χ4v) is 1.49. The largest absolute Gasteiger partial charge is 0.508 e. The van der Waals surface area contributed by atoms with Gasteiger partial charge in [0.25, 0.3) is 0 Å². The number of carbonyl (C=O) groups excluding carboxylic acids is 1. The van der Waals surface area contributed by atoms with Crippen molar-refractivity contribution in [2.24, 2.45) is 0 Å². The van der Waals surface area contributed by atoms with Crippen LogP contribution in [0.4, 0.5) is 10.5 Å². The van der Waals surface area contributed by atoms with Crippen molar-refractivity contribution in [3.05, 3.63) is 36.4 Å². The van der Waals surface area contributed by atoms with E-state index >= 15 is 0 Å². The van der Waals surface area contributed by atoms with Crippen molar-refractivity contribution in [3.8, 4) is 5.75 Å². The highest BCUT2D eigenvalue weighted by Crippen LogP contribution is 2.13. The van der Waals surface area contributed by atoms with Gasteiger partial charge in [-0.2, -0.15) is 0 Å². The zero-order valence-electron chi connectivity index (χ0n) is 11.1. The van der Waals surface area contributed by atoms with E-state index in [9.17, 15) is 9.59 Å². The highest BCUT2D eigenvalue weighted by Gasteiger charge is 2.04. The molecule has 0 radical (unpaired) electrons. The number of benzene rings is 1. The van der Waals surface area contributed by atoms with E-state index in [1.165, 1.54) is 12.1 Å². The minimum Gasteiger partial charge on any atom is -0.508 e. The lowest BCUT2D eigenvalue weighted by Gasteiger charge is -2.07. The van der Waals surface area contributed by atoms with Gasteiger partial charge < -0.3 is 20.8 Å². The first-order chi connectivity index (χ1) is 9.49. The molecule has 1 rings (SSSR count). The van der Waals surface area contributed by atoms with Gasteiger partial charge in [-0.1, -0.05) is 6.58 Å². The maximum Gasteiger partial charge on any atom is 0.330 e. The van der Waals surface area contributed by atoms with Gasteiger partial charge in [-0.25, -0.2) is 9.59 Å². The first kappa shape index (κ1) is 15.6. The molecule has 6 heteroatoms. The second-order valence-corrected chi connectivity index (χ2v) is 4.29. The molecule has 1 aromatic carbocycles. The minimum absolute atomic E-state index is 0.134. The maximum atomic E-state index is 11.5. The lowest BCUT2D eigenvalue weighted by molar-refractivity contribution is -0.132. The van der Waals surface area contributed by atoms with Crippen LogP contribution in [0.2, 0.25) is 0 Å². The molecule has 0 fully saturated rings. The van der Waals surface area contributed by atoms with Crippen molar-refractivity contribution in [2.45, 2.75) is 19.3 Å². The number of rotatable bonds is 7. The minimum atomic E-state index is -0.983. The number of phenolic OH excluding ortho intramolecular Hbond substituents is 1. The van der Waals surface area contributed by atoms with Crippen LogP contribution in [0.1, 0.15) is 19.3 Å². The second kappa shape index (κ2) is 7.83. The molecule has 0 bridgehead atoms. The van der Waals surface area contributed by atoms with Gasteiger partial charge in [-0.05, 0) is 43.5 Å². The van der Waals surface area contributed by atoms with Gasteiger partial charge in [0.1, 0.15) is 5.75 Å². The zero-order valence-corrected chi connectivity index (χ0v) is 11.1. The van der Waals surface area contributed by atoms with E-state index in [1.54, 1.807) is 12.1 Å². The van der Waals surface area contributed by atoms with E-state index in [-0.39, 0.29) is 17.4 Å². The number of amides is 2. The van der Waals surface area contributed by atoms with Crippen LogP contribution in [-0.4, -0.2) is 28.8 Å². The number of aromatic hydroxyl groups is 1. The molecule has 0 aliphatic rings. The van der Waals surface area contributed by atoms with Crippen molar-refractivity contribution >= 4 is 17.7 Å². The number of phenols is 1. The van der Waals surface area contributed by atoms with Crippen molar-refractivity contribution in [2.75, 3.05) is 11.9 Å². The van der Waals surface area contributed by atoms with Gasteiger partial charge in [-0.15, -0.1) is 0 Å². The Balaban J connectivity index is 2.16. The third kappa shape index (κ3) is 5.90. The molecule has 0 aromatic heterocycles. The summed E-state index contributed by atoms with van der Waals surface area (Å²) in [6, 6.07) is 5.80. The van der Waals surface area contributed by atoms with Gasteiger partial charge >= 0.3 is 12.0 Å². The normalized spacial score (nSPS) is 9.80. The van der Waals surface area contributed by atoms with Crippen LogP contribution in [0.25, 0.3) is 0 Å². The van der Waals surface area contributed by atoms with E-state index in [1.807, 2.05) is 0 Å². The number of hydrogen-bond acceptors (Lipinski definition) is 3. The van der Waals surface area contributed by atoms with Crippen molar-refractivity contribution in [1.82, 2.24) is 5.32 Å². The average molecular weight is 278 g/mol. The summed E-state index contributed by atoms with van der Waals surface area (Å²) < 4.78 is 0. The topological polar surface area (TPSA) is 98.7 Å². The molecule has 0 heterocycles. The Labute approximate surface area is 117 Å². The molecule has 20 heavy (non-hydrogen) atoms. The van der Waals surface area contributed by atoms with Gasteiger partial charge in [0.2, 0.25) is 0 Å². The van der Waals surface area contributed by atoms with E-state index in [2.05, 4.69) is 17.2 Å². The number of aliphatic carboxylic acids is 1. The summed E-state index contributed by atoms with van der Waals surface area (Å²) >= 11 is 0. The molecule has 0 aliphatic carbocycles. The number of anilines is 1. The SMILES string of the molecule is C=C(CCCCNC(=O)Nc1ccc(O)cc1)C(=O)O. The molecule has 1 aromatic rings. The summed E-state index contributed by atoms with van der Waals surface area (Å²) in [7, 11) is 0. The summed E-state index contributed by atoms with van der Waals surface area (Å²) in [5.74, 6) is -0.849. The lowest BCUT2D eigenvalue weighted by Crippen LogP contribution is -2.29. The molecule has 108 valence electrons. The van der Waals surface area contributed by atoms with Crippen LogP contribution in [0.15, 0.2) is 36.4 Å². The van der Waals surface area contributed by atoms with Crippen LogP contribution in [0, 0.1) is 0 Å². The van der Waals surface area contributed by atoms with Crippen molar-refractivity contribution in [3.63, 3.8) is 0 Å². The van der Waals surface area contributed by atoms with Crippen LogP contribution in [0.3, 0.4) is 0 Å². The number of nitrogens with one attached hydrogen (secondary N) is 2. The van der Waals surface area contributed by atoms with Crippen LogP contribution >= 0.6 is 0 Å². The third-order valence-corrected chi connectivity index (χ3v) is 2.62. The Morgan fingerprint density at radius 2 is 1.80 bits per heavy atom. The predicted molar refractivity (Wildman–Crippen MR) is 75.8 cm³/mol. The number of urea groups is 1. The molecule has 0 spiro atoms. The summed E-state index contributed by atoms with van der Waals surface area (Å²) in [6.07, 6.45) is 1.75. The molecular weight excluding hydrogens is 260 g/mol. The van der Waals surface area contributed by atoms with E-state index in [4.69, 9.17) is 10.2 Å². The summed E-state index contributed by atoms with van der Waals surface area (Å²) in [5, 5.41) is 23.0. The standard InChI is InChI=1S/C14H18N2O4/c1-10(13(18)19)4-2-3-9-15-14(20)16-11-5-7-12(17)8-6-11/h5-8,17H,1-4,9H2,(H,18,19)(H2,15,16,20). The number of carboxylic acid groups (broad SMARTS) is 1. The van der Waals surface area contributed by atoms with Crippen LogP contribution < -0.4 is 10.6 Å². The van der Waals surface area contributed by atoms with Crippen molar-refractivity contribution in [1.29, 1.82) is 0 Å². The summed E-state index contributed by atoms with van der Waals surface area (Å²) in [5.41, 5.74) is 0.762. The van der Waals surface area contributed by atoms with Gasteiger partial charge in [0.15, 0.2) is 0 Å². The Morgan fingerprint density at radius 3 is 2.40 bits per heavy atom. The van der Waals surface area contributed by atoms with Gasteiger partial charge in [0.05, 0.1) is 0 Å². The maximum absolute atomic E-state index is 11.5. The first-order valence-electron chi connectivity index (χ1n) is 6.24. The van der Waals surface area contributed by atoms with Crippen molar-refractivity contribution < 1.29 is 19.8 Å². The van der Waals surface area contributed by atoms with E-state index < -0.39 is 5.97 Å². The number of carboxylic acids is 1. The first-order valence-corrected chi connectivity index (χ1v) is 6.24. The molecule has 0 aliphatic heterocycles. The Kier molecular flexibility index (Phi) is 6.09. The number of unbranched alkanes of at least 4 members (excludes halogenated alkanes) is 1. The molecule has 4 N–H and O–H groups in total. The summed E-state index contributed by atoms with van der Waals surface area (Å²) in [6.45, 7) is 3.89. The van der Waals surface area contributed by atoms with Crippen LogP contribution in [-0.2, 0) is 4.79 Å². The fourth-order valence-electron chi connectivity index (χ4n) is 1.49. The summed E-state index contributed by atoms with van der Waals surface area (Å²) in [4.78, 5) is 22.0. The fraction of sp³-hybridized carbons (Fsp3) is 0.286. The Hall–Kier alpha value is -2.50. The second-order valence-electron chi connectivity index (χ2n) is 4.29. The number of carbonyl (C=O) groups is 2.